The topological polar surface area (TPSA) is 435 Å². The molecule has 8 aliphatic heterocycles. The molecule has 0 aromatic heterocycles. The number of amides is 1. The number of likely N-dealkylation sites (N-methyl/N-ethyl adjacent to an activating group) is 3. The van der Waals surface area contributed by atoms with E-state index in [9.17, 15) is 67.1 Å². The highest BCUT2D eigenvalue weighted by atomic mass is 16.5. The van der Waals surface area contributed by atoms with Crippen LogP contribution in [-0.2, 0) is 81.3 Å². The molecule has 0 bridgehead atoms. The number of ketones is 12. The molecule has 0 aromatic rings. The van der Waals surface area contributed by atoms with Crippen molar-refractivity contribution < 1.29 is 81.3 Å². The summed E-state index contributed by atoms with van der Waals surface area (Å²) in [5, 5.41) is 2.36. The number of carbonyl (C=O) groups is 14. The first kappa shape index (κ1) is 112. The molecule has 118 heavy (non-hydrogen) atoms. The highest BCUT2D eigenvalue weighted by Crippen LogP contribution is 2.26. The predicted octanol–water partition coefficient (Wildman–Crippen LogP) is 3.82. The summed E-state index contributed by atoms with van der Waals surface area (Å²) in [4.78, 5) is 174. The number of unbranched alkanes of at least 4 members (excludes halogenated alkanes) is 1. The van der Waals surface area contributed by atoms with E-state index in [1.165, 1.54) is 41.2 Å². The standard InChI is InChI=1S/C12H22N2O3.2C12H22N2O2.C11H20N2O2.C10H18N2O2.C10H17NO2.C7H14N2O.C7H16O2.C6H11NO/c1-3-17-12(16)11(13)10(15)8-9-4-6-14(2)7-5-9;1-9(15)12(13)8-11(16)7-10-3-5-14(2)6-4-10;1-9(15)7-11(13)12(16)8-10-3-5-14(2)6-4-10;1-8(14)11(12)10(15)7-9-3-5-13(2)6-4-9;1-11-10(14)9(13)7-8-3-5-12(2)6-4-8;1-8(12)10(13)7-9-3-5-11(2)6-4-9;1-6(10)7(8)3-4-9(2)5-7;1-3-4-5-9-7-6-8-2;1-7-4-2-3-6(8)5-7/h9,11H,3-8,13H2,1-2H3;10,12H,3-8,13H2,1-2H3;10-11H,3-8,13H2,1-2H3;9,11H,3-7,12H2,1-2H3;8H,3-7H2,1-2H3,(H,11,14);9H,3-7H2,1-2H3;3-5,8H2,1-2H3;3-7H2,1-2H3;2-5H2,1H3. The van der Waals surface area contributed by atoms with Crippen LogP contribution in [0, 0.1) is 35.5 Å². The summed E-state index contributed by atoms with van der Waals surface area (Å²) in [5.74, 6) is 0.776. The van der Waals surface area contributed by atoms with Crippen molar-refractivity contribution in [2.75, 3.05) is 202 Å². The fourth-order valence-electron chi connectivity index (χ4n) is 14.4. The summed E-state index contributed by atoms with van der Waals surface area (Å²) in [6, 6.07) is -3.19. The van der Waals surface area contributed by atoms with Gasteiger partial charge in [0.05, 0.1) is 44.0 Å². The van der Waals surface area contributed by atoms with E-state index in [-0.39, 0.29) is 83.1 Å². The number of nitrogens with two attached hydrogens (primary N) is 5. The second kappa shape index (κ2) is 64.2. The van der Waals surface area contributed by atoms with Gasteiger partial charge in [0.25, 0.3) is 5.91 Å². The minimum atomic E-state index is -1.10. The fourth-order valence-corrected chi connectivity index (χ4v) is 14.4. The van der Waals surface area contributed by atoms with Crippen LogP contribution in [0.2, 0.25) is 0 Å². The molecule has 8 saturated heterocycles. The second-order valence-corrected chi connectivity index (χ2v) is 34.4. The van der Waals surface area contributed by atoms with Crippen molar-refractivity contribution in [1.82, 2.24) is 44.5 Å². The molecule has 0 spiro atoms. The molecule has 0 aromatic carbocycles. The zero-order valence-corrected chi connectivity index (χ0v) is 76.0. The number of esters is 1. The SMILES string of the molecule is CC(=O)C(=O)CC1CCN(C)CC1.CC(=O)C(N)C(=O)CC1CCN(C)CC1.CC(=O)C(N)CC(=O)CC1CCN(C)CC1.CC(=O)C1(N)CCN(C)C1.CC(=O)CC(N)C(=O)CC1CCN(C)CC1.CCCCOCCOC.CCOC(=O)C(N)C(=O)CC1CCN(C)CC1.CN1CCCC(=O)C1.CNC(=O)C(=O)CC1CCN(C)CC1. The quantitative estimate of drug-likeness (QED) is 0.0241. The molecule has 31 heteroatoms. The normalized spacial score (nSPS) is 21.0. The van der Waals surface area contributed by atoms with Gasteiger partial charge in [-0.2, -0.15) is 0 Å². The van der Waals surface area contributed by atoms with E-state index in [4.69, 9.17) is 42.9 Å². The summed E-state index contributed by atoms with van der Waals surface area (Å²) < 4.78 is 14.7. The van der Waals surface area contributed by atoms with Crippen LogP contribution in [0.25, 0.3) is 0 Å². The van der Waals surface area contributed by atoms with Gasteiger partial charge in [-0.15, -0.1) is 0 Å². The van der Waals surface area contributed by atoms with E-state index in [1.54, 1.807) is 21.0 Å². The van der Waals surface area contributed by atoms with Gasteiger partial charge in [0.1, 0.15) is 35.0 Å². The maximum Gasteiger partial charge on any atom is 0.330 e. The Labute approximate surface area is 708 Å². The van der Waals surface area contributed by atoms with E-state index in [2.05, 4.69) is 93.7 Å². The number of nitrogens with zero attached hydrogens (tertiary/aromatic N) is 8. The minimum Gasteiger partial charge on any atom is -0.464 e. The number of piperidine rings is 7. The number of hydrogen-bond donors (Lipinski definition) is 6. The molecule has 8 heterocycles. The number of Topliss-reactive ketones (excluding diaryl/α,β-unsaturated/α-hetero) is 12. The lowest BCUT2D eigenvalue weighted by Crippen LogP contribution is -2.48. The monoisotopic (exact) mass is 1680 g/mol. The van der Waals surface area contributed by atoms with E-state index >= 15 is 0 Å². The van der Waals surface area contributed by atoms with Crippen LogP contribution in [0.4, 0.5) is 0 Å². The number of methoxy groups -OCH3 is 1. The summed E-state index contributed by atoms with van der Waals surface area (Å²) in [7, 11) is 19.7. The van der Waals surface area contributed by atoms with Crippen molar-refractivity contribution >= 4 is 81.3 Å². The third-order valence-corrected chi connectivity index (χ3v) is 23.1. The summed E-state index contributed by atoms with van der Waals surface area (Å²) in [5.41, 5.74) is 27.6. The van der Waals surface area contributed by atoms with E-state index in [0.29, 0.717) is 99.5 Å². The molecule has 1 amide bonds. The molecule has 11 N–H and O–H groups in total. The smallest absolute Gasteiger partial charge is 0.330 e. The van der Waals surface area contributed by atoms with Crippen LogP contribution in [0.1, 0.15) is 209 Å². The van der Waals surface area contributed by atoms with Gasteiger partial charge in [0.2, 0.25) is 5.78 Å². The average Bonchev–Trinajstić information content (AvgIpc) is 1.70. The molecule has 8 fully saturated rings. The summed E-state index contributed by atoms with van der Waals surface area (Å²) in [6.07, 6.45) is 20.8. The van der Waals surface area contributed by atoms with Crippen molar-refractivity contribution in [2.24, 2.45) is 64.2 Å². The Bertz CT molecular complexity index is 2950. The maximum atomic E-state index is 11.8. The lowest BCUT2D eigenvalue weighted by atomic mass is 9.89. The number of ether oxygens (including phenoxy) is 3. The van der Waals surface area contributed by atoms with Gasteiger partial charge >= 0.3 is 5.97 Å². The van der Waals surface area contributed by atoms with Gasteiger partial charge in [-0.1, -0.05) is 13.3 Å². The highest BCUT2D eigenvalue weighted by Gasteiger charge is 2.37. The number of nitrogens with one attached hydrogen (secondary N) is 1. The van der Waals surface area contributed by atoms with Crippen LogP contribution >= 0.6 is 0 Å². The molecule has 5 atom stereocenters. The van der Waals surface area contributed by atoms with E-state index in [0.717, 1.165) is 208 Å². The van der Waals surface area contributed by atoms with Gasteiger partial charge < -0.3 is 82.5 Å². The number of likely N-dealkylation sites (tertiary alicyclic amines) is 8. The summed E-state index contributed by atoms with van der Waals surface area (Å²) in [6.45, 7) is 29.5. The highest BCUT2D eigenvalue weighted by molar-refractivity contribution is 6.36. The van der Waals surface area contributed by atoms with Crippen molar-refractivity contribution in [2.45, 2.75) is 239 Å². The van der Waals surface area contributed by atoms with Crippen LogP contribution in [-0.4, -0.2) is 352 Å². The zero-order valence-electron chi connectivity index (χ0n) is 76.0. The van der Waals surface area contributed by atoms with E-state index in [1.807, 2.05) is 14.1 Å². The molecule has 8 rings (SSSR count). The van der Waals surface area contributed by atoms with Gasteiger partial charge in [0, 0.05) is 98.6 Å². The number of hydrogen-bond acceptors (Lipinski definition) is 30. The Morgan fingerprint density at radius 3 is 1.15 bits per heavy atom. The average molecular weight is 1680 g/mol. The first-order valence-corrected chi connectivity index (χ1v) is 43.4. The maximum absolute atomic E-state index is 11.8. The van der Waals surface area contributed by atoms with Crippen LogP contribution < -0.4 is 34.0 Å². The first-order chi connectivity index (χ1) is 55.5. The van der Waals surface area contributed by atoms with Gasteiger partial charge in [-0.3, -0.25) is 67.2 Å². The van der Waals surface area contributed by atoms with Gasteiger partial charge in [0.15, 0.2) is 40.7 Å². The Kier molecular flexibility index (Phi) is 61.1. The third-order valence-electron chi connectivity index (χ3n) is 23.1. The lowest BCUT2D eigenvalue weighted by molar-refractivity contribution is -0.148. The molecule has 31 nitrogen and oxygen atoms in total. The van der Waals surface area contributed by atoms with Gasteiger partial charge in [-0.05, 0) is 308 Å². The molecule has 8 aliphatic rings. The Hall–Kier alpha value is -5.62. The fraction of sp³-hybridized carbons (Fsp3) is 0.839. The molecule has 0 aliphatic carbocycles. The molecular weight excluding hydrogens is 1510 g/mol. The van der Waals surface area contributed by atoms with Crippen LogP contribution in [0.3, 0.4) is 0 Å². The van der Waals surface area contributed by atoms with Crippen molar-refractivity contribution in [3.8, 4) is 0 Å². The predicted molar refractivity (Wildman–Crippen MR) is 463 cm³/mol. The van der Waals surface area contributed by atoms with Crippen molar-refractivity contribution in [3.05, 3.63) is 0 Å². The van der Waals surface area contributed by atoms with Crippen LogP contribution in [0.15, 0.2) is 0 Å². The van der Waals surface area contributed by atoms with Crippen molar-refractivity contribution in [3.63, 3.8) is 0 Å². The third kappa shape index (κ3) is 54.0. The largest absolute Gasteiger partial charge is 0.464 e. The van der Waals surface area contributed by atoms with E-state index < -0.39 is 41.6 Å². The summed E-state index contributed by atoms with van der Waals surface area (Å²) >= 11 is 0. The Morgan fingerprint density at radius 2 is 0.847 bits per heavy atom. The zero-order chi connectivity index (χ0) is 89.6. The van der Waals surface area contributed by atoms with Crippen molar-refractivity contribution in [1.29, 1.82) is 0 Å². The van der Waals surface area contributed by atoms with Crippen LogP contribution in [0.5, 0.6) is 0 Å². The number of carbonyl (C=O) groups excluding carboxylic acids is 14. The Morgan fingerprint density at radius 1 is 0.458 bits per heavy atom. The molecule has 5 unspecified atom stereocenters. The Balaban J connectivity index is 0.00000132. The molecule has 0 radical (unpaired) electrons. The molecule has 682 valence electrons. The first-order valence-electron chi connectivity index (χ1n) is 43.4. The number of rotatable bonds is 32. The minimum absolute atomic E-state index is 0.00997. The van der Waals surface area contributed by atoms with Gasteiger partial charge in [-0.25, -0.2) is 4.79 Å². The lowest BCUT2D eigenvalue weighted by Gasteiger charge is -2.28. The molecular formula is C87H162N14O17. The molecule has 0 saturated carbocycles. The second-order valence-electron chi connectivity index (χ2n) is 34.4.